The van der Waals surface area contributed by atoms with Crippen LogP contribution >= 0.6 is 0 Å². The highest BCUT2D eigenvalue weighted by Crippen LogP contribution is 2.40. The summed E-state index contributed by atoms with van der Waals surface area (Å²) in [5.74, 6) is -1.03. The number of nitro groups is 1. The van der Waals surface area contributed by atoms with E-state index in [1.807, 2.05) is 0 Å². The van der Waals surface area contributed by atoms with Crippen molar-refractivity contribution in [1.29, 1.82) is 0 Å². The van der Waals surface area contributed by atoms with Crippen molar-refractivity contribution in [2.75, 3.05) is 0 Å². The molecule has 2 fully saturated rings. The Hall–Kier alpha value is -2.77. The van der Waals surface area contributed by atoms with E-state index in [-0.39, 0.29) is 53.2 Å². The number of carbonyl (C=O) groups is 3. The molecule has 162 valence electrons. The number of fused-ring (bicyclic) bond motifs is 2. The number of esters is 1. The van der Waals surface area contributed by atoms with Gasteiger partial charge >= 0.3 is 5.97 Å². The SMILES string of the molecule is CC(C)OC(=O)CC(NC(=O)C1CC2CCCC(C1)C2=O)c1ccccc1[N+](=O)[O-]. The second kappa shape index (κ2) is 9.36. The summed E-state index contributed by atoms with van der Waals surface area (Å²) < 4.78 is 5.20. The van der Waals surface area contributed by atoms with E-state index in [1.54, 1.807) is 32.0 Å². The van der Waals surface area contributed by atoms with Gasteiger partial charge < -0.3 is 10.1 Å². The minimum atomic E-state index is -0.872. The van der Waals surface area contributed by atoms with E-state index in [1.165, 1.54) is 6.07 Å². The average molecular weight is 416 g/mol. The minimum absolute atomic E-state index is 0.0799. The Morgan fingerprint density at radius 2 is 1.83 bits per heavy atom. The lowest BCUT2D eigenvalue weighted by Crippen LogP contribution is -2.43. The lowest BCUT2D eigenvalue weighted by molar-refractivity contribution is -0.385. The topological polar surface area (TPSA) is 116 Å². The van der Waals surface area contributed by atoms with Gasteiger partial charge in [-0.05, 0) is 39.5 Å². The van der Waals surface area contributed by atoms with E-state index < -0.39 is 16.9 Å². The van der Waals surface area contributed by atoms with Crippen LogP contribution in [0.2, 0.25) is 0 Å². The molecular weight excluding hydrogens is 388 g/mol. The van der Waals surface area contributed by atoms with Gasteiger partial charge in [-0.1, -0.05) is 24.6 Å². The molecule has 3 rings (SSSR count). The largest absolute Gasteiger partial charge is 0.463 e. The van der Waals surface area contributed by atoms with Gasteiger partial charge in [-0.25, -0.2) is 0 Å². The molecule has 8 nitrogen and oxygen atoms in total. The number of Topliss-reactive ketones (excluding diaryl/α,β-unsaturated/α-hetero) is 1. The molecule has 2 aliphatic carbocycles. The smallest absolute Gasteiger partial charge is 0.308 e. The molecule has 0 saturated heterocycles. The first-order valence-corrected chi connectivity index (χ1v) is 10.5. The van der Waals surface area contributed by atoms with Crippen LogP contribution in [0.4, 0.5) is 5.69 Å². The Bertz CT molecular complexity index is 821. The zero-order valence-corrected chi connectivity index (χ0v) is 17.3. The third-order valence-corrected chi connectivity index (χ3v) is 5.98. The van der Waals surface area contributed by atoms with Crippen molar-refractivity contribution in [1.82, 2.24) is 5.32 Å². The molecule has 30 heavy (non-hydrogen) atoms. The summed E-state index contributed by atoms with van der Waals surface area (Å²) in [4.78, 5) is 48.6. The molecule has 1 aromatic rings. The first kappa shape index (κ1) is 21.9. The van der Waals surface area contributed by atoms with Crippen LogP contribution in [-0.4, -0.2) is 28.7 Å². The van der Waals surface area contributed by atoms with Gasteiger partial charge in [0, 0.05) is 23.8 Å². The highest BCUT2D eigenvalue weighted by Gasteiger charge is 2.42. The van der Waals surface area contributed by atoms with E-state index in [2.05, 4.69) is 5.32 Å². The van der Waals surface area contributed by atoms with Gasteiger partial charge in [-0.2, -0.15) is 0 Å². The van der Waals surface area contributed by atoms with Crippen molar-refractivity contribution in [2.24, 2.45) is 17.8 Å². The molecule has 1 N–H and O–H groups in total. The number of para-hydroxylation sites is 1. The van der Waals surface area contributed by atoms with Gasteiger partial charge in [0.15, 0.2) is 0 Å². The molecule has 0 spiro atoms. The van der Waals surface area contributed by atoms with Gasteiger partial charge in [0.05, 0.1) is 29.1 Å². The highest BCUT2D eigenvalue weighted by atomic mass is 16.6. The fourth-order valence-corrected chi connectivity index (χ4v) is 4.65. The summed E-state index contributed by atoms with van der Waals surface area (Å²) in [7, 11) is 0. The van der Waals surface area contributed by atoms with Gasteiger partial charge in [-0.15, -0.1) is 0 Å². The van der Waals surface area contributed by atoms with Crippen molar-refractivity contribution in [3.63, 3.8) is 0 Å². The molecule has 1 aromatic carbocycles. The van der Waals surface area contributed by atoms with E-state index in [0.717, 1.165) is 19.3 Å². The van der Waals surface area contributed by atoms with Crippen LogP contribution in [0.5, 0.6) is 0 Å². The molecule has 0 aromatic heterocycles. The molecular formula is C22H28N2O6. The highest BCUT2D eigenvalue weighted by molar-refractivity contribution is 5.88. The summed E-state index contributed by atoms with van der Waals surface area (Å²) in [5.41, 5.74) is 0.111. The summed E-state index contributed by atoms with van der Waals surface area (Å²) in [6.45, 7) is 3.43. The summed E-state index contributed by atoms with van der Waals surface area (Å²) >= 11 is 0. The molecule has 2 bridgehead atoms. The number of nitro benzene ring substituents is 1. The van der Waals surface area contributed by atoms with E-state index >= 15 is 0 Å². The predicted molar refractivity (Wildman–Crippen MR) is 108 cm³/mol. The maximum Gasteiger partial charge on any atom is 0.308 e. The molecule has 1 amide bonds. The average Bonchev–Trinajstić information content (AvgIpc) is 2.66. The van der Waals surface area contributed by atoms with Crippen molar-refractivity contribution in [3.05, 3.63) is 39.9 Å². The molecule has 0 radical (unpaired) electrons. The Labute approximate surface area is 175 Å². The van der Waals surface area contributed by atoms with E-state index in [9.17, 15) is 24.5 Å². The van der Waals surface area contributed by atoms with Gasteiger partial charge in [0.25, 0.3) is 5.69 Å². The molecule has 3 unspecified atom stereocenters. The Kier molecular flexibility index (Phi) is 6.84. The third-order valence-electron chi connectivity index (χ3n) is 5.98. The molecule has 2 aliphatic rings. The number of amides is 1. The number of ether oxygens (including phenoxy) is 1. The maximum absolute atomic E-state index is 13.1. The lowest BCUT2D eigenvalue weighted by atomic mass is 9.67. The minimum Gasteiger partial charge on any atom is -0.463 e. The third kappa shape index (κ3) is 5.04. The molecule has 0 heterocycles. The van der Waals surface area contributed by atoms with E-state index in [4.69, 9.17) is 4.74 Å². The second-order valence-electron chi connectivity index (χ2n) is 8.52. The van der Waals surface area contributed by atoms with Crippen LogP contribution in [-0.2, 0) is 19.1 Å². The van der Waals surface area contributed by atoms with Crippen LogP contribution in [0.1, 0.15) is 64.0 Å². The summed E-state index contributed by atoms with van der Waals surface area (Å²) in [5, 5.41) is 14.3. The van der Waals surface area contributed by atoms with Crippen LogP contribution in [0.15, 0.2) is 24.3 Å². The number of carbonyl (C=O) groups excluding carboxylic acids is 3. The fraction of sp³-hybridized carbons (Fsp3) is 0.591. The van der Waals surface area contributed by atoms with Crippen LogP contribution < -0.4 is 5.32 Å². The number of nitrogens with zero attached hydrogens (tertiary/aromatic N) is 1. The number of benzene rings is 1. The first-order valence-electron chi connectivity index (χ1n) is 10.5. The van der Waals surface area contributed by atoms with Crippen LogP contribution in [0, 0.1) is 27.9 Å². The van der Waals surface area contributed by atoms with Gasteiger partial charge in [0.2, 0.25) is 5.91 Å². The second-order valence-corrected chi connectivity index (χ2v) is 8.52. The predicted octanol–water partition coefficient (Wildman–Crippen LogP) is 3.49. The van der Waals surface area contributed by atoms with Gasteiger partial charge in [-0.3, -0.25) is 24.5 Å². The number of nitrogens with one attached hydrogen (secondary N) is 1. The standard InChI is InChI=1S/C22H28N2O6/c1-13(2)30-20(25)12-18(17-8-3-4-9-19(17)24(28)29)23-22(27)16-10-14-6-5-7-15(11-16)21(14)26/h3-4,8-9,13-16,18H,5-7,10-12H2,1-2H3,(H,23,27). The number of hydrogen-bond donors (Lipinski definition) is 1. The number of rotatable bonds is 7. The van der Waals surface area contributed by atoms with Crippen molar-refractivity contribution in [2.45, 2.75) is 64.5 Å². The Balaban J connectivity index is 1.80. The number of hydrogen-bond acceptors (Lipinski definition) is 6. The van der Waals surface area contributed by atoms with Crippen molar-refractivity contribution in [3.8, 4) is 0 Å². The van der Waals surface area contributed by atoms with Crippen molar-refractivity contribution < 1.29 is 24.0 Å². The molecule has 0 aliphatic heterocycles. The molecule has 8 heteroatoms. The van der Waals surface area contributed by atoms with Crippen molar-refractivity contribution >= 4 is 23.3 Å². The van der Waals surface area contributed by atoms with Gasteiger partial charge in [0.1, 0.15) is 5.78 Å². The number of ketones is 1. The quantitative estimate of drug-likeness (QED) is 0.413. The maximum atomic E-state index is 13.1. The summed E-state index contributed by atoms with van der Waals surface area (Å²) in [6, 6.07) is 5.21. The Morgan fingerprint density at radius 1 is 1.20 bits per heavy atom. The summed E-state index contributed by atoms with van der Waals surface area (Å²) in [6.07, 6.45) is 3.11. The Morgan fingerprint density at radius 3 is 2.43 bits per heavy atom. The normalized spacial score (nSPS) is 24.2. The van der Waals surface area contributed by atoms with Crippen LogP contribution in [0.25, 0.3) is 0 Å². The van der Waals surface area contributed by atoms with Crippen LogP contribution in [0.3, 0.4) is 0 Å². The zero-order valence-electron chi connectivity index (χ0n) is 17.3. The fourth-order valence-electron chi connectivity index (χ4n) is 4.65. The monoisotopic (exact) mass is 416 g/mol. The lowest BCUT2D eigenvalue weighted by Gasteiger charge is -2.37. The molecule has 3 atom stereocenters. The molecule has 2 saturated carbocycles. The van der Waals surface area contributed by atoms with E-state index in [0.29, 0.717) is 12.8 Å². The first-order chi connectivity index (χ1) is 14.3. The zero-order chi connectivity index (χ0) is 21.8.